The van der Waals surface area contributed by atoms with Gasteiger partial charge in [0.15, 0.2) is 0 Å². The van der Waals surface area contributed by atoms with Crippen molar-refractivity contribution in [2.45, 2.75) is 20.0 Å². The lowest BCUT2D eigenvalue weighted by Gasteiger charge is -2.17. The summed E-state index contributed by atoms with van der Waals surface area (Å²) in [6.45, 7) is 3.43. The summed E-state index contributed by atoms with van der Waals surface area (Å²) >= 11 is 0. The van der Waals surface area contributed by atoms with E-state index in [4.69, 9.17) is 5.73 Å². The van der Waals surface area contributed by atoms with E-state index < -0.39 is 0 Å². The molecule has 0 bridgehead atoms. The highest BCUT2D eigenvalue weighted by Gasteiger charge is 2.04. The van der Waals surface area contributed by atoms with Crippen molar-refractivity contribution in [3.8, 4) is 0 Å². The third-order valence-corrected chi connectivity index (χ3v) is 3.11. The fourth-order valence-electron chi connectivity index (χ4n) is 2.11. The first-order valence-electron chi connectivity index (χ1n) is 6.32. The van der Waals surface area contributed by atoms with Gasteiger partial charge in [-0.05, 0) is 48.9 Å². The number of aryl methyl sites for hydroxylation is 1. The number of hydrogen-bond acceptors (Lipinski definition) is 2. The number of anilines is 1. The largest absolute Gasteiger partial charge is 0.399 e. The van der Waals surface area contributed by atoms with Crippen LogP contribution in [0, 0.1) is 12.7 Å². The van der Waals surface area contributed by atoms with Gasteiger partial charge in [-0.2, -0.15) is 0 Å². The molecule has 2 nitrogen and oxygen atoms in total. The van der Waals surface area contributed by atoms with Crippen LogP contribution in [0.4, 0.5) is 10.1 Å². The molecular formula is C16H19FN2. The van der Waals surface area contributed by atoms with Gasteiger partial charge in [0.2, 0.25) is 0 Å². The van der Waals surface area contributed by atoms with E-state index in [-0.39, 0.29) is 5.82 Å². The maximum Gasteiger partial charge on any atom is 0.126 e. The van der Waals surface area contributed by atoms with E-state index in [2.05, 4.69) is 11.9 Å². The molecule has 2 aromatic rings. The van der Waals surface area contributed by atoms with Gasteiger partial charge in [0, 0.05) is 18.8 Å². The van der Waals surface area contributed by atoms with Crippen molar-refractivity contribution < 1.29 is 4.39 Å². The molecule has 0 spiro atoms. The predicted molar refractivity (Wildman–Crippen MR) is 77.2 cm³/mol. The van der Waals surface area contributed by atoms with Gasteiger partial charge in [-0.25, -0.2) is 4.39 Å². The number of halogens is 1. The minimum atomic E-state index is -0.148. The Labute approximate surface area is 113 Å². The summed E-state index contributed by atoms with van der Waals surface area (Å²) in [7, 11) is 2.05. The van der Waals surface area contributed by atoms with E-state index in [0.717, 1.165) is 24.3 Å². The number of nitrogens with two attached hydrogens (primary N) is 1. The molecule has 0 saturated carbocycles. The third-order valence-electron chi connectivity index (χ3n) is 3.11. The smallest absolute Gasteiger partial charge is 0.126 e. The molecule has 0 heterocycles. The fraction of sp³-hybridized carbons (Fsp3) is 0.250. The van der Waals surface area contributed by atoms with Gasteiger partial charge in [0.25, 0.3) is 0 Å². The molecule has 0 aliphatic rings. The van der Waals surface area contributed by atoms with Crippen LogP contribution < -0.4 is 5.73 Å². The molecule has 19 heavy (non-hydrogen) atoms. The second-order valence-electron chi connectivity index (χ2n) is 5.00. The quantitative estimate of drug-likeness (QED) is 0.852. The molecule has 0 aliphatic heterocycles. The first-order chi connectivity index (χ1) is 9.04. The van der Waals surface area contributed by atoms with Crippen molar-refractivity contribution in [2.75, 3.05) is 12.8 Å². The summed E-state index contributed by atoms with van der Waals surface area (Å²) in [5.41, 5.74) is 9.47. The minimum absolute atomic E-state index is 0.148. The first-order valence-corrected chi connectivity index (χ1v) is 6.32. The van der Waals surface area contributed by atoms with Gasteiger partial charge in [0.05, 0.1) is 0 Å². The molecule has 0 aliphatic carbocycles. The van der Waals surface area contributed by atoms with Crippen LogP contribution in [0.15, 0.2) is 42.5 Å². The monoisotopic (exact) mass is 258 g/mol. The third kappa shape index (κ3) is 3.80. The summed E-state index contributed by atoms with van der Waals surface area (Å²) in [5.74, 6) is -0.148. The zero-order valence-electron chi connectivity index (χ0n) is 11.4. The molecule has 0 atom stereocenters. The van der Waals surface area contributed by atoms with E-state index in [1.54, 1.807) is 6.92 Å². The number of nitrogen functional groups attached to an aromatic ring is 1. The van der Waals surface area contributed by atoms with Crippen molar-refractivity contribution in [3.05, 3.63) is 65.0 Å². The van der Waals surface area contributed by atoms with Crippen molar-refractivity contribution in [2.24, 2.45) is 0 Å². The van der Waals surface area contributed by atoms with Crippen molar-refractivity contribution >= 4 is 5.69 Å². The highest BCUT2D eigenvalue weighted by Crippen LogP contribution is 2.13. The van der Waals surface area contributed by atoms with Crippen LogP contribution in [-0.4, -0.2) is 11.9 Å². The van der Waals surface area contributed by atoms with Crippen LogP contribution in [-0.2, 0) is 13.1 Å². The second-order valence-corrected chi connectivity index (χ2v) is 5.00. The van der Waals surface area contributed by atoms with E-state index in [1.807, 2.05) is 36.4 Å². The van der Waals surface area contributed by atoms with Gasteiger partial charge in [-0.3, -0.25) is 4.90 Å². The average molecular weight is 258 g/mol. The molecule has 2 N–H and O–H groups in total. The van der Waals surface area contributed by atoms with E-state index in [0.29, 0.717) is 5.56 Å². The van der Waals surface area contributed by atoms with Crippen LogP contribution in [0.2, 0.25) is 0 Å². The molecule has 2 rings (SSSR count). The van der Waals surface area contributed by atoms with Crippen LogP contribution >= 0.6 is 0 Å². The Hall–Kier alpha value is -1.87. The number of rotatable bonds is 4. The van der Waals surface area contributed by atoms with E-state index in [9.17, 15) is 4.39 Å². The van der Waals surface area contributed by atoms with Gasteiger partial charge in [-0.1, -0.05) is 24.3 Å². The fourth-order valence-corrected chi connectivity index (χ4v) is 2.11. The maximum atomic E-state index is 13.2. The number of benzene rings is 2. The lowest BCUT2D eigenvalue weighted by atomic mass is 10.1. The second kappa shape index (κ2) is 5.85. The van der Waals surface area contributed by atoms with Crippen LogP contribution in [0.5, 0.6) is 0 Å². The lowest BCUT2D eigenvalue weighted by Crippen LogP contribution is -2.17. The summed E-state index contributed by atoms with van der Waals surface area (Å²) < 4.78 is 13.2. The van der Waals surface area contributed by atoms with Crippen LogP contribution in [0.25, 0.3) is 0 Å². The normalized spacial score (nSPS) is 10.9. The van der Waals surface area contributed by atoms with Crippen LogP contribution in [0.1, 0.15) is 16.7 Å². The lowest BCUT2D eigenvalue weighted by molar-refractivity contribution is 0.319. The molecule has 0 radical (unpaired) electrons. The average Bonchev–Trinajstić information content (AvgIpc) is 2.37. The van der Waals surface area contributed by atoms with Crippen molar-refractivity contribution in [1.29, 1.82) is 0 Å². The van der Waals surface area contributed by atoms with Gasteiger partial charge < -0.3 is 5.73 Å². The molecule has 0 aromatic heterocycles. The Bertz CT molecular complexity index is 549. The van der Waals surface area contributed by atoms with Crippen molar-refractivity contribution in [1.82, 2.24) is 4.90 Å². The summed E-state index contributed by atoms with van der Waals surface area (Å²) in [5, 5.41) is 0. The summed E-state index contributed by atoms with van der Waals surface area (Å²) in [6.07, 6.45) is 0. The summed E-state index contributed by atoms with van der Waals surface area (Å²) in [6, 6.07) is 13.1. The molecule has 0 unspecified atom stereocenters. The number of hydrogen-bond donors (Lipinski definition) is 1. The van der Waals surface area contributed by atoms with E-state index >= 15 is 0 Å². The standard InChI is InChI=1S/C16H19FN2/c1-12-9-14(5-8-16(12)17)11-19(2)10-13-3-6-15(18)7-4-13/h3-9H,10-11,18H2,1-2H3. The Morgan fingerprint density at radius 1 is 1.00 bits per heavy atom. The van der Waals surface area contributed by atoms with Gasteiger partial charge in [0.1, 0.15) is 5.82 Å². The molecule has 0 fully saturated rings. The topological polar surface area (TPSA) is 29.3 Å². The number of nitrogens with zero attached hydrogens (tertiary/aromatic N) is 1. The van der Waals surface area contributed by atoms with Crippen LogP contribution in [0.3, 0.4) is 0 Å². The highest BCUT2D eigenvalue weighted by atomic mass is 19.1. The Morgan fingerprint density at radius 3 is 2.21 bits per heavy atom. The summed E-state index contributed by atoms with van der Waals surface area (Å²) in [4.78, 5) is 2.19. The zero-order valence-corrected chi connectivity index (χ0v) is 11.4. The molecule has 0 saturated heterocycles. The molecule has 0 amide bonds. The van der Waals surface area contributed by atoms with Crippen molar-refractivity contribution in [3.63, 3.8) is 0 Å². The Kier molecular flexibility index (Phi) is 4.17. The Morgan fingerprint density at radius 2 is 1.58 bits per heavy atom. The SMILES string of the molecule is Cc1cc(CN(C)Cc2ccc(N)cc2)ccc1F. The van der Waals surface area contributed by atoms with Gasteiger partial charge >= 0.3 is 0 Å². The maximum absolute atomic E-state index is 13.2. The minimum Gasteiger partial charge on any atom is -0.399 e. The zero-order chi connectivity index (χ0) is 13.8. The van der Waals surface area contributed by atoms with E-state index in [1.165, 1.54) is 11.6 Å². The Balaban J connectivity index is 1.98. The molecule has 3 heteroatoms. The molecular weight excluding hydrogens is 239 g/mol. The highest BCUT2D eigenvalue weighted by molar-refractivity contribution is 5.39. The van der Waals surface area contributed by atoms with Gasteiger partial charge in [-0.15, -0.1) is 0 Å². The molecule has 2 aromatic carbocycles. The first kappa shape index (κ1) is 13.6. The molecule has 100 valence electrons. The predicted octanol–water partition coefficient (Wildman–Crippen LogP) is 3.35.